The fourth-order valence-corrected chi connectivity index (χ4v) is 7.27. The van der Waals surface area contributed by atoms with Crippen LogP contribution in [-0.2, 0) is 0 Å². The van der Waals surface area contributed by atoms with Crippen LogP contribution in [0.5, 0.6) is 0 Å². The molecule has 0 saturated carbocycles. The fraction of sp³-hybridized carbons (Fsp3) is 0. The molecular formula is C52H32F2N6. The maximum atomic E-state index is 13.9. The third kappa shape index (κ3) is 7.41. The molecule has 2 heterocycles. The van der Waals surface area contributed by atoms with E-state index in [0.717, 1.165) is 55.3 Å². The zero-order valence-electron chi connectivity index (χ0n) is 31.9. The maximum absolute atomic E-state index is 13.9. The maximum Gasteiger partial charge on any atom is 0.164 e. The van der Waals surface area contributed by atoms with Gasteiger partial charge >= 0.3 is 0 Å². The Labute approximate surface area is 344 Å². The van der Waals surface area contributed by atoms with Crippen molar-refractivity contribution in [1.82, 2.24) is 29.9 Å². The molecule has 0 unspecified atom stereocenters. The van der Waals surface area contributed by atoms with Gasteiger partial charge in [0, 0.05) is 33.4 Å². The van der Waals surface area contributed by atoms with Crippen LogP contribution in [0.3, 0.4) is 0 Å². The molecule has 0 atom stereocenters. The fourth-order valence-electron chi connectivity index (χ4n) is 7.27. The molecule has 8 heteroatoms. The molecule has 6 nitrogen and oxygen atoms in total. The van der Waals surface area contributed by atoms with Gasteiger partial charge in [-0.15, -0.1) is 0 Å². The van der Waals surface area contributed by atoms with E-state index in [9.17, 15) is 8.78 Å². The summed E-state index contributed by atoms with van der Waals surface area (Å²) in [5.41, 5.74) is 8.82. The number of fused-ring (bicyclic) bond motifs is 1. The zero-order valence-corrected chi connectivity index (χ0v) is 31.9. The predicted molar refractivity (Wildman–Crippen MR) is 234 cm³/mol. The highest BCUT2D eigenvalue weighted by Gasteiger charge is 2.16. The van der Waals surface area contributed by atoms with E-state index in [1.165, 1.54) is 24.3 Å². The molecule has 0 N–H and O–H groups in total. The Morgan fingerprint density at radius 2 is 0.600 bits per heavy atom. The van der Waals surface area contributed by atoms with Gasteiger partial charge in [0.1, 0.15) is 11.6 Å². The first kappa shape index (κ1) is 36.3. The number of hydrogen-bond donors (Lipinski definition) is 0. The van der Waals surface area contributed by atoms with Crippen molar-refractivity contribution in [3.63, 3.8) is 0 Å². The van der Waals surface area contributed by atoms with E-state index in [4.69, 9.17) is 29.9 Å². The Bertz CT molecular complexity index is 3160. The standard InChI is InChI=1S/C52H32F2N6/c53-43-26-22-36(23-27-43)49-55-47(34-10-3-1-4-11-34)57-51(59-49)41-17-7-15-38(30-41)39-21-20-33-14-9-19-45(46(33)32-39)40-16-8-18-42(31-40)52-58-48(35-12-5-2-6-13-35)56-50(60-52)37-24-28-44(54)29-25-37/h1-32H. The normalized spacial score (nSPS) is 11.2. The van der Waals surface area contributed by atoms with Crippen LogP contribution in [0.25, 0.3) is 101 Å². The Morgan fingerprint density at radius 3 is 1.10 bits per heavy atom. The number of aromatic nitrogens is 6. The lowest BCUT2D eigenvalue weighted by Crippen LogP contribution is -2.00. The summed E-state index contributed by atoms with van der Waals surface area (Å²) >= 11 is 0. The van der Waals surface area contributed by atoms with Crippen molar-refractivity contribution < 1.29 is 8.78 Å². The summed E-state index contributed by atoms with van der Waals surface area (Å²) in [6.45, 7) is 0. The molecule has 0 bridgehead atoms. The van der Waals surface area contributed by atoms with Gasteiger partial charge in [-0.1, -0.05) is 127 Å². The van der Waals surface area contributed by atoms with Crippen molar-refractivity contribution in [3.05, 3.63) is 206 Å². The van der Waals surface area contributed by atoms with E-state index in [2.05, 4.69) is 60.7 Å². The van der Waals surface area contributed by atoms with Gasteiger partial charge in [0.15, 0.2) is 34.9 Å². The van der Waals surface area contributed by atoms with Gasteiger partial charge in [-0.2, -0.15) is 0 Å². The summed E-state index contributed by atoms with van der Waals surface area (Å²) < 4.78 is 27.8. The Balaban J connectivity index is 1.04. The Kier molecular flexibility index (Phi) is 9.48. The van der Waals surface area contributed by atoms with Gasteiger partial charge in [0.25, 0.3) is 0 Å². The Morgan fingerprint density at radius 1 is 0.250 bits per heavy atom. The van der Waals surface area contributed by atoms with E-state index in [-0.39, 0.29) is 11.6 Å². The molecule has 2 aromatic heterocycles. The number of nitrogens with zero attached hydrogens (tertiary/aromatic N) is 6. The highest BCUT2D eigenvalue weighted by molar-refractivity contribution is 5.99. The predicted octanol–water partition coefficient (Wildman–Crippen LogP) is 12.8. The summed E-state index contributed by atoms with van der Waals surface area (Å²) in [4.78, 5) is 29.2. The van der Waals surface area contributed by atoms with Gasteiger partial charge in [-0.05, 0) is 99.8 Å². The second-order valence-corrected chi connectivity index (χ2v) is 14.3. The number of hydrogen-bond acceptors (Lipinski definition) is 6. The molecule has 10 rings (SSSR count). The zero-order chi connectivity index (χ0) is 40.4. The summed E-state index contributed by atoms with van der Waals surface area (Å²) in [5, 5.41) is 2.17. The third-order valence-electron chi connectivity index (χ3n) is 10.3. The summed E-state index contributed by atoms with van der Waals surface area (Å²) in [6.07, 6.45) is 0. The van der Waals surface area contributed by atoms with Crippen LogP contribution in [-0.4, -0.2) is 29.9 Å². The molecule has 0 aliphatic rings. The average Bonchev–Trinajstić information content (AvgIpc) is 3.32. The topological polar surface area (TPSA) is 77.3 Å². The van der Waals surface area contributed by atoms with Crippen molar-refractivity contribution in [3.8, 4) is 90.6 Å². The minimum atomic E-state index is -0.327. The molecule has 0 saturated heterocycles. The van der Waals surface area contributed by atoms with Crippen LogP contribution in [0, 0.1) is 11.6 Å². The van der Waals surface area contributed by atoms with Gasteiger partial charge < -0.3 is 0 Å². The molecule has 10 aromatic rings. The molecular weight excluding hydrogens is 747 g/mol. The summed E-state index contributed by atoms with van der Waals surface area (Å²) in [7, 11) is 0. The second kappa shape index (κ2) is 15.7. The highest BCUT2D eigenvalue weighted by atomic mass is 19.1. The lowest BCUT2D eigenvalue weighted by Gasteiger charge is -2.12. The molecule has 0 spiro atoms. The van der Waals surface area contributed by atoms with E-state index in [1.807, 2.05) is 84.9 Å². The molecule has 0 aliphatic heterocycles. The number of halogens is 2. The molecule has 0 aliphatic carbocycles. The molecule has 0 amide bonds. The van der Waals surface area contributed by atoms with Crippen LogP contribution >= 0.6 is 0 Å². The van der Waals surface area contributed by atoms with Crippen molar-refractivity contribution >= 4 is 10.8 Å². The van der Waals surface area contributed by atoms with Crippen LogP contribution in [0.4, 0.5) is 8.78 Å². The quantitative estimate of drug-likeness (QED) is 0.153. The lowest BCUT2D eigenvalue weighted by molar-refractivity contribution is 0.627. The van der Waals surface area contributed by atoms with Gasteiger partial charge in [0.05, 0.1) is 0 Å². The molecule has 284 valence electrons. The van der Waals surface area contributed by atoms with Crippen LogP contribution in [0.15, 0.2) is 194 Å². The van der Waals surface area contributed by atoms with Crippen molar-refractivity contribution in [2.75, 3.05) is 0 Å². The van der Waals surface area contributed by atoms with E-state index in [1.54, 1.807) is 24.3 Å². The first-order valence-electron chi connectivity index (χ1n) is 19.4. The molecule has 8 aromatic carbocycles. The first-order chi connectivity index (χ1) is 29.5. The summed E-state index contributed by atoms with van der Waals surface area (Å²) in [6, 6.07) is 61.1. The third-order valence-corrected chi connectivity index (χ3v) is 10.3. The van der Waals surface area contributed by atoms with Crippen LogP contribution < -0.4 is 0 Å². The molecule has 60 heavy (non-hydrogen) atoms. The second-order valence-electron chi connectivity index (χ2n) is 14.3. The van der Waals surface area contributed by atoms with E-state index in [0.29, 0.717) is 46.1 Å². The minimum Gasteiger partial charge on any atom is -0.208 e. The first-order valence-corrected chi connectivity index (χ1v) is 19.4. The van der Waals surface area contributed by atoms with E-state index < -0.39 is 0 Å². The van der Waals surface area contributed by atoms with Crippen molar-refractivity contribution in [2.45, 2.75) is 0 Å². The van der Waals surface area contributed by atoms with E-state index >= 15 is 0 Å². The lowest BCUT2D eigenvalue weighted by atomic mass is 9.93. The van der Waals surface area contributed by atoms with Crippen molar-refractivity contribution in [1.29, 1.82) is 0 Å². The summed E-state index contributed by atoms with van der Waals surface area (Å²) in [5.74, 6) is 2.35. The average molecular weight is 779 g/mol. The highest BCUT2D eigenvalue weighted by Crippen LogP contribution is 2.36. The largest absolute Gasteiger partial charge is 0.208 e. The van der Waals surface area contributed by atoms with Gasteiger partial charge in [-0.25, -0.2) is 38.7 Å². The molecule has 0 fully saturated rings. The Hall–Kier alpha value is -8.10. The monoisotopic (exact) mass is 778 g/mol. The molecule has 0 radical (unpaired) electrons. The van der Waals surface area contributed by atoms with Crippen LogP contribution in [0.2, 0.25) is 0 Å². The smallest absolute Gasteiger partial charge is 0.164 e. The minimum absolute atomic E-state index is 0.326. The SMILES string of the molecule is Fc1ccc(-c2nc(-c3ccccc3)nc(-c3cccc(-c4ccc5cccc(-c6cccc(-c7nc(-c8ccccc8)nc(-c8ccc(F)cc8)n7)c6)c5c4)c3)n2)cc1. The van der Waals surface area contributed by atoms with Crippen molar-refractivity contribution in [2.24, 2.45) is 0 Å². The van der Waals surface area contributed by atoms with Gasteiger partial charge in [-0.3, -0.25) is 0 Å². The number of benzene rings is 8. The number of rotatable bonds is 8. The van der Waals surface area contributed by atoms with Crippen LogP contribution in [0.1, 0.15) is 0 Å². The van der Waals surface area contributed by atoms with Gasteiger partial charge in [0.2, 0.25) is 0 Å².